The van der Waals surface area contributed by atoms with Crippen LogP contribution in [0.5, 0.6) is 0 Å². The zero-order chi connectivity index (χ0) is 12.5. The third-order valence-corrected chi connectivity index (χ3v) is 3.49. The molecule has 1 aromatic rings. The molecule has 1 heterocycles. The van der Waals surface area contributed by atoms with Crippen molar-refractivity contribution in [2.75, 3.05) is 19.6 Å². The lowest BCUT2D eigenvalue weighted by molar-refractivity contribution is 0.0827. The smallest absolute Gasteiger partial charge is 0.125 e. The van der Waals surface area contributed by atoms with Gasteiger partial charge in [0.2, 0.25) is 0 Å². The SMILES string of the molecule is CC1(C)CNCCN1Cc1cc(F)cc(Cl)c1. The van der Waals surface area contributed by atoms with Crippen molar-refractivity contribution in [2.24, 2.45) is 0 Å². The summed E-state index contributed by atoms with van der Waals surface area (Å²) < 4.78 is 13.3. The monoisotopic (exact) mass is 256 g/mol. The summed E-state index contributed by atoms with van der Waals surface area (Å²) in [6.07, 6.45) is 0. The molecule has 0 saturated carbocycles. The van der Waals surface area contributed by atoms with Crippen molar-refractivity contribution in [1.82, 2.24) is 10.2 Å². The van der Waals surface area contributed by atoms with Gasteiger partial charge in [0.15, 0.2) is 0 Å². The third-order valence-electron chi connectivity index (χ3n) is 3.27. The topological polar surface area (TPSA) is 15.3 Å². The van der Waals surface area contributed by atoms with Crippen molar-refractivity contribution < 1.29 is 4.39 Å². The molecule has 4 heteroatoms. The van der Waals surface area contributed by atoms with Gasteiger partial charge in [-0.2, -0.15) is 0 Å². The standard InChI is InChI=1S/C13H18ClFN2/c1-13(2)9-16-3-4-17(13)8-10-5-11(14)7-12(15)6-10/h5-7,16H,3-4,8-9H2,1-2H3. The van der Waals surface area contributed by atoms with E-state index in [1.807, 2.05) is 6.07 Å². The number of hydrogen-bond acceptors (Lipinski definition) is 2. The fourth-order valence-electron chi connectivity index (χ4n) is 2.24. The van der Waals surface area contributed by atoms with Crippen LogP contribution in [0.25, 0.3) is 0 Å². The molecule has 1 fully saturated rings. The lowest BCUT2D eigenvalue weighted by Crippen LogP contribution is -2.57. The lowest BCUT2D eigenvalue weighted by Gasteiger charge is -2.42. The molecular formula is C13H18ClFN2. The summed E-state index contributed by atoms with van der Waals surface area (Å²) >= 11 is 5.87. The van der Waals surface area contributed by atoms with Crippen LogP contribution < -0.4 is 5.32 Å². The van der Waals surface area contributed by atoms with E-state index in [2.05, 4.69) is 24.1 Å². The summed E-state index contributed by atoms with van der Waals surface area (Å²) in [5, 5.41) is 3.84. The Morgan fingerprint density at radius 1 is 1.41 bits per heavy atom. The number of benzene rings is 1. The van der Waals surface area contributed by atoms with Crippen molar-refractivity contribution in [1.29, 1.82) is 0 Å². The molecule has 0 spiro atoms. The highest BCUT2D eigenvalue weighted by Crippen LogP contribution is 2.21. The fraction of sp³-hybridized carbons (Fsp3) is 0.538. The minimum atomic E-state index is -0.263. The van der Waals surface area contributed by atoms with Gasteiger partial charge in [0.25, 0.3) is 0 Å². The molecular weight excluding hydrogens is 239 g/mol. The third kappa shape index (κ3) is 3.18. The van der Waals surface area contributed by atoms with Gasteiger partial charge in [-0.05, 0) is 37.6 Å². The Labute approximate surface area is 107 Å². The van der Waals surface area contributed by atoms with Crippen LogP contribution in [0, 0.1) is 5.82 Å². The molecule has 1 aromatic carbocycles. The van der Waals surface area contributed by atoms with Crippen molar-refractivity contribution in [3.05, 3.63) is 34.6 Å². The van der Waals surface area contributed by atoms with Crippen molar-refractivity contribution in [3.8, 4) is 0 Å². The number of nitrogens with zero attached hydrogens (tertiary/aromatic N) is 1. The normalized spacial score (nSPS) is 20.5. The van der Waals surface area contributed by atoms with E-state index < -0.39 is 0 Å². The van der Waals surface area contributed by atoms with Crippen LogP contribution in [-0.4, -0.2) is 30.1 Å². The zero-order valence-electron chi connectivity index (χ0n) is 10.3. The van der Waals surface area contributed by atoms with Gasteiger partial charge in [0.1, 0.15) is 5.82 Å². The summed E-state index contributed by atoms with van der Waals surface area (Å²) in [4.78, 5) is 2.36. The van der Waals surface area contributed by atoms with E-state index in [-0.39, 0.29) is 11.4 Å². The van der Waals surface area contributed by atoms with E-state index in [1.54, 1.807) is 6.07 Å². The largest absolute Gasteiger partial charge is 0.314 e. The molecule has 17 heavy (non-hydrogen) atoms. The molecule has 0 radical (unpaired) electrons. The second kappa shape index (κ2) is 4.92. The van der Waals surface area contributed by atoms with Crippen LogP contribution in [0.3, 0.4) is 0 Å². The van der Waals surface area contributed by atoms with E-state index in [0.717, 1.165) is 31.7 Å². The first-order chi connectivity index (χ1) is 7.97. The zero-order valence-corrected chi connectivity index (χ0v) is 11.0. The Morgan fingerprint density at radius 2 is 2.18 bits per heavy atom. The summed E-state index contributed by atoms with van der Waals surface area (Å²) in [6.45, 7) is 8.04. The van der Waals surface area contributed by atoms with Gasteiger partial charge in [-0.15, -0.1) is 0 Å². The predicted octanol–water partition coefficient (Wildman–Crippen LogP) is 2.66. The van der Waals surface area contributed by atoms with Crippen LogP contribution in [-0.2, 0) is 6.54 Å². The molecule has 1 N–H and O–H groups in total. The molecule has 0 amide bonds. The van der Waals surface area contributed by atoms with Gasteiger partial charge < -0.3 is 5.32 Å². The highest BCUT2D eigenvalue weighted by Gasteiger charge is 2.29. The number of rotatable bonds is 2. The predicted molar refractivity (Wildman–Crippen MR) is 68.8 cm³/mol. The molecule has 94 valence electrons. The van der Waals surface area contributed by atoms with Gasteiger partial charge >= 0.3 is 0 Å². The van der Waals surface area contributed by atoms with Crippen LogP contribution >= 0.6 is 11.6 Å². The second-order valence-electron chi connectivity index (χ2n) is 5.19. The number of halogens is 2. The maximum absolute atomic E-state index is 13.3. The van der Waals surface area contributed by atoms with Crippen molar-refractivity contribution in [3.63, 3.8) is 0 Å². The molecule has 2 nitrogen and oxygen atoms in total. The minimum Gasteiger partial charge on any atom is -0.314 e. The second-order valence-corrected chi connectivity index (χ2v) is 5.62. The van der Waals surface area contributed by atoms with Crippen molar-refractivity contribution >= 4 is 11.6 Å². The van der Waals surface area contributed by atoms with E-state index in [0.29, 0.717) is 5.02 Å². The summed E-state index contributed by atoms with van der Waals surface area (Å²) in [5.41, 5.74) is 1.03. The Morgan fingerprint density at radius 3 is 2.82 bits per heavy atom. The Hall–Kier alpha value is -0.640. The van der Waals surface area contributed by atoms with Crippen LogP contribution in [0.2, 0.25) is 5.02 Å². The first-order valence-electron chi connectivity index (χ1n) is 5.88. The van der Waals surface area contributed by atoms with E-state index >= 15 is 0 Å². The highest BCUT2D eigenvalue weighted by atomic mass is 35.5. The quantitative estimate of drug-likeness (QED) is 0.875. The van der Waals surface area contributed by atoms with Gasteiger partial charge in [-0.25, -0.2) is 4.39 Å². The fourth-order valence-corrected chi connectivity index (χ4v) is 2.48. The molecule has 0 aliphatic carbocycles. The Balaban J connectivity index is 2.14. The first-order valence-corrected chi connectivity index (χ1v) is 6.26. The van der Waals surface area contributed by atoms with E-state index in [4.69, 9.17) is 11.6 Å². The summed E-state index contributed by atoms with van der Waals surface area (Å²) in [6, 6.07) is 4.74. The first kappa shape index (κ1) is 12.8. The number of hydrogen-bond donors (Lipinski definition) is 1. The molecule has 1 saturated heterocycles. The molecule has 0 atom stereocenters. The van der Waals surface area contributed by atoms with Crippen molar-refractivity contribution in [2.45, 2.75) is 25.9 Å². The number of nitrogens with one attached hydrogen (secondary N) is 1. The van der Waals surface area contributed by atoms with Gasteiger partial charge in [-0.1, -0.05) is 11.6 Å². The average Bonchev–Trinajstić information content (AvgIpc) is 2.19. The van der Waals surface area contributed by atoms with E-state index in [9.17, 15) is 4.39 Å². The van der Waals surface area contributed by atoms with Crippen LogP contribution in [0.15, 0.2) is 18.2 Å². The van der Waals surface area contributed by atoms with E-state index in [1.165, 1.54) is 6.07 Å². The number of piperazine rings is 1. The lowest BCUT2D eigenvalue weighted by atomic mass is 9.99. The Kier molecular flexibility index (Phi) is 3.71. The van der Waals surface area contributed by atoms with Gasteiger partial charge in [0, 0.05) is 36.7 Å². The summed E-state index contributed by atoms with van der Waals surface area (Å²) in [7, 11) is 0. The Bertz CT molecular complexity index is 386. The molecule has 0 aromatic heterocycles. The average molecular weight is 257 g/mol. The summed E-state index contributed by atoms with van der Waals surface area (Å²) in [5.74, 6) is -0.263. The van der Waals surface area contributed by atoms with Gasteiger partial charge in [0.05, 0.1) is 0 Å². The molecule has 1 aliphatic heterocycles. The van der Waals surface area contributed by atoms with Gasteiger partial charge in [-0.3, -0.25) is 4.90 Å². The molecule has 1 aliphatic rings. The maximum atomic E-state index is 13.3. The molecule has 0 unspecified atom stereocenters. The van der Waals surface area contributed by atoms with Crippen LogP contribution in [0.4, 0.5) is 4.39 Å². The maximum Gasteiger partial charge on any atom is 0.125 e. The molecule has 0 bridgehead atoms. The van der Waals surface area contributed by atoms with Crippen LogP contribution in [0.1, 0.15) is 19.4 Å². The minimum absolute atomic E-state index is 0.0943. The molecule has 2 rings (SSSR count). The highest BCUT2D eigenvalue weighted by molar-refractivity contribution is 6.30.